The van der Waals surface area contributed by atoms with Crippen molar-refractivity contribution >= 4 is 11.6 Å². The molecule has 1 atom stereocenters. The summed E-state index contributed by atoms with van der Waals surface area (Å²) in [6, 6.07) is 9.12. The molecule has 0 spiro atoms. The second kappa shape index (κ2) is 5.58. The van der Waals surface area contributed by atoms with Gasteiger partial charge in [0.15, 0.2) is 0 Å². The number of fused-ring (bicyclic) bond motifs is 1. The molecule has 20 heavy (non-hydrogen) atoms. The van der Waals surface area contributed by atoms with Crippen LogP contribution in [0.15, 0.2) is 24.3 Å². The molecule has 3 rings (SSSR count). The number of aryl methyl sites for hydroxylation is 3. The van der Waals surface area contributed by atoms with E-state index in [1.54, 1.807) is 0 Å². The van der Waals surface area contributed by atoms with Gasteiger partial charge in [-0.25, -0.2) is 0 Å². The molecule has 3 nitrogen and oxygen atoms in total. The minimum atomic E-state index is 0.433. The Morgan fingerprint density at radius 1 is 1.40 bits per heavy atom. The van der Waals surface area contributed by atoms with E-state index in [9.17, 15) is 0 Å². The first kappa shape index (κ1) is 13.7. The van der Waals surface area contributed by atoms with Gasteiger partial charge < -0.3 is 5.32 Å². The van der Waals surface area contributed by atoms with Gasteiger partial charge in [-0.05, 0) is 37.8 Å². The highest BCUT2D eigenvalue weighted by Crippen LogP contribution is 2.31. The lowest BCUT2D eigenvalue weighted by atomic mass is 10.1. The third kappa shape index (κ3) is 2.36. The van der Waals surface area contributed by atoms with E-state index in [-0.39, 0.29) is 0 Å². The van der Waals surface area contributed by atoms with E-state index >= 15 is 0 Å². The van der Waals surface area contributed by atoms with Crippen LogP contribution in [0.25, 0.3) is 0 Å². The number of nitrogens with zero attached hydrogens (tertiary/aromatic N) is 2. The van der Waals surface area contributed by atoms with Gasteiger partial charge in [-0.3, -0.25) is 4.68 Å². The molecule has 1 aliphatic carbocycles. The van der Waals surface area contributed by atoms with E-state index < -0.39 is 0 Å². The van der Waals surface area contributed by atoms with Crippen LogP contribution >= 0.6 is 11.6 Å². The number of halogens is 1. The highest BCUT2D eigenvalue weighted by molar-refractivity contribution is 6.31. The minimum absolute atomic E-state index is 0.433. The Balaban J connectivity index is 1.75. The molecule has 0 bridgehead atoms. The van der Waals surface area contributed by atoms with Crippen molar-refractivity contribution < 1.29 is 0 Å². The van der Waals surface area contributed by atoms with Gasteiger partial charge in [0.25, 0.3) is 0 Å². The summed E-state index contributed by atoms with van der Waals surface area (Å²) in [4.78, 5) is 0. The van der Waals surface area contributed by atoms with Crippen molar-refractivity contribution in [3.63, 3.8) is 0 Å². The molecule has 1 aliphatic rings. The molecular weight excluding hydrogens is 270 g/mol. The van der Waals surface area contributed by atoms with Crippen LogP contribution in [0.1, 0.15) is 41.9 Å². The third-order valence-corrected chi connectivity index (χ3v) is 4.59. The normalized spacial score (nSPS) is 17.4. The average Bonchev–Trinajstić information content (AvgIpc) is 3.00. The van der Waals surface area contributed by atoms with Crippen LogP contribution in [0.5, 0.6) is 0 Å². The van der Waals surface area contributed by atoms with Crippen molar-refractivity contribution in [3.05, 3.63) is 51.8 Å². The second-order valence-corrected chi connectivity index (χ2v) is 5.71. The topological polar surface area (TPSA) is 29.9 Å². The first-order valence-corrected chi connectivity index (χ1v) is 7.61. The van der Waals surface area contributed by atoms with Crippen LogP contribution in [0.4, 0.5) is 0 Å². The molecule has 2 aromatic rings. The SMILES string of the molecule is CCn1nc(C)c(Cl)c1CNC1CCc2ccccc21. The maximum atomic E-state index is 6.36. The van der Waals surface area contributed by atoms with Crippen molar-refractivity contribution in [2.75, 3.05) is 0 Å². The summed E-state index contributed by atoms with van der Waals surface area (Å²) in [6.45, 7) is 5.68. The Morgan fingerprint density at radius 2 is 2.20 bits per heavy atom. The summed E-state index contributed by atoms with van der Waals surface area (Å²) in [5.41, 5.74) is 4.91. The Kier molecular flexibility index (Phi) is 3.81. The van der Waals surface area contributed by atoms with Crippen LogP contribution < -0.4 is 5.32 Å². The van der Waals surface area contributed by atoms with Gasteiger partial charge in [0, 0.05) is 19.1 Å². The molecular formula is C16H20ClN3. The molecule has 1 unspecified atom stereocenters. The van der Waals surface area contributed by atoms with Crippen molar-refractivity contribution in [2.24, 2.45) is 0 Å². The molecule has 0 aliphatic heterocycles. The van der Waals surface area contributed by atoms with Gasteiger partial charge in [-0.2, -0.15) is 5.10 Å². The first-order valence-electron chi connectivity index (χ1n) is 7.23. The number of nitrogens with one attached hydrogen (secondary N) is 1. The van der Waals surface area contributed by atoms with Crippen molar-refractivity contribution in [1.29, 1.82) is 0 Å². The van der Waals surface area contributed by atoms with Crippen LogP contribution in [0.2, 0.25) is 5.02 Å². The van der Waals surface area contributed by atoms with Crippen molar-refractivity contribution in [2.45, 2.75) is 45.8 Å². The van der Waals surface area contributed by atoms with Crippen LogP contribution in [0, 0.1) is 6.92 Å². The lowest BCUT2D eigenvalue weighted by Crippen LogP contribution is -2.21. The van der Waals surface area contributed by atoms with E-state index in [1.807, 2.05) is 11.6 Å². The highest BCUT2D eigenvalue weighted by Gasteiger charge is 2.22. The van der Waals surface area contributed by atoms with Gasteiger partial charge in [0.2, 0.25) is 0 Å². The molecule has 0 fully saturated rings. The molecule has 1 N–H and O–H groups in total. The van der Waals surface area contributed by atoms with Crippen LogP contribution in [-0.2, 0) is 19.5 Å². The molecule has 0 amide bonds. The number of benzene rings is 1. The monoisotopic (exact) mass is 289 g/mol. The van der Waals surface area contributed by atoms with Crippen molar-refractivity contribution in [3.8, 4) is 0 Å². The quantitative estimate of drug-likeness (QED) is 0.931. The fourth-order valence-electron chi connectivity index (χ4n) is 3.03. The number of rotatable bonds is 4. The lowest BCUT2D eigenvalue weighted by molar-refractivity contribution is 0.502. The number of hydrogen-bond acceptors (Lipinski definition) is 2. The summed E-state index contributed by atoms with van der Waals surface area (Å²) < 4.78 is 1.99. The minimum Gasteiger partial charge on any atom is -0.304 e. The van der Waals surface area contributed by atoms with E-state index in [2.05, 4.69) is 41.6 Å². The summed E-state index contributed by atoms with van der Waals surface area (Å²) in [5, 5.41) is 8.90. The van der Waals surface area contributed by atoms with Gasteiger partial charge >= 0.3 is 0 Å². The zero-order chi connectivity index (χ0) is 14.1. The Hall–Kier alpha value is -1.32. The zero-order valence-electron chi connectivity index (χ0n) is 12.0. The van der Waals surface area contributed by atoms with Gasteiger partial charge in [0.05, 0.1) is 16.4 Å². The van der Waals surface area contributed by atoms with Gasteiger partial charge in [0.1, 0.15) is 0 Å². The molecule has 1 aromatic heterocycles. The summed E-state index contributed by atoms with van der Waals surface area (Å²) in [5.74, 6) is 0. The lowest BCUT2D eigenvalue weighted by Gasteiger charge is -2.15. The maximum absolute atomic E-state index is 6.36. The van der Waals surface area contributed by atoms with Gasteiger partial charge in [-0.1, -0.05) is 35.9 Å². The molecule has 0 saturated carbocycles. The van der Waals surface area contributed by atoms with E-state index in [0.29, 0.717) is 6.04 Å². The van der Waals surface area contributed by atoms with Crippen LogP contribution in [0.3, 0.4) is 0 Å². The first-order chi connectivity index (χ1) is 9.70. The van der Waals surface area contributed by atoms with Crippen molar-refractivity contribution in [1.82, 2.24) is 15.1 Å². The molecule has 1 aromatic carbocycles. The maximum Gasteiger partial charge on any atom is 0.0860 e. The number of aromatic nitrogens is 2. The van der Waals surface area contributed by atoms with E-state index in [4.69, 9.17) is 11.6 Å². The zero-order valence-corrected chi connectivity index (χ0v) is 12.7. The molecule has 4 heteroatoms. The third-order valence-electron chi connectivity index (χ3n) is 4.10. The Bertz CT molecular complexity index is 618. The molecule has 0 radical (unpaired) electrons. The van der Waals surface area contributed by atoms with E-state index in [1.165, 1.54) is 11.1 Å². The predicted octanol–water partition coefficient (Wildman–Crippen LogP) is 3.64. The standard InChI is InChI=1S/C16H20ClN3/c1-3-20-15(16(17)11(2)19-20)10-18-14-9-8-12-6-4-5-7-13(12)14/h4-7,14,18H,3,8-10H2,1-2H3. The molecule has 106 valence electrons. The van der Waals surface area contributed by atoms with E-state index in [0.717, 1.165) is 42.3 Å². The number of hydrogen-bond donors (Lipinski definition) is 1. The fourth-order valence-corrected chi connectivity index (χ4v) is 3.23. The largest absolute Gasteiger partial charge is 0.304 e. The fraction of sp³-hybridized carbons (Fsp3) is 0.438. The summed E-state index contributed by atoms with van der Waals surface area (Å²) in [7, 11) is 0. The molecule has 1 heterocycles. The smallest absolute Gasteiger partial charge is 0.0860 e. The van der Waals surface area contributed by atoms with Crippen LogP contribution in [-0.4, -0.2) is 9.78 Å². The summed E-state index contributed by atoms with van der Waals surface area (Å²) in [6.07, 6.45) is 2.32. The highest BCUT2D eigenvalue weighted by atomic mass is 35.5. The summed E-state index contributed by atoms with van der Waals surface area (Å²) >= 11 is 6.36. The van der Waals surface area contributed by atoms with Gasteiger partial charge in [-0.15, -0.1) is 0 Å². The Morgan fingerprint density at radius 3 is 3.00 bits per heavy atom. The second-order valence-electron chi connectivity index (χ2n) is 5.33. The molecule has 0 saturated heterocycles. The average molecular weight is 290 g/mol. The Labute approximate surface area is 124 Å². The predicted molar refractivity (Wildman–Crippen MR) is 82.0 cm³/mol.